The van der Waals surface area contributed by atoms with Crippen molar-refractivity contribution in [2.24, 2.45) is 11.3 Å². The fourth-order valence-corrected chi connectivity index (χ4v) is 2.08. The third-order valence-corrected chi connectivity index (χ3v) is 2.65. The van der Waals surface area contributed by atoms with Crippen molar-refractivity contribution in [3.05, 3.63) is 0 Å². The Morgan fingerprint density at radius 3 is 2.53 bits per heavy atom. The zero-order chi connectivity index (χ0) is 11.6. The van der Waals surface area contributed by atoms with Crippen LogP contribution in [0.2, 0.25) is 0 Å². The number of Topliss-reactive ketones (excluding diaryl/α,β-unsaturated/α-hetero) is 2. The molecule has 0 aromatic heterocycles. The van der Waals surface area contributed by atoms with E-state index in [1.165, 1.54) is 0 Å². The maximum Gasteiger partial charge on any atom is 0.317 e. The van der Waals surface area contributed by atoms with Gasteiger partial charge in [0, 0.05) is 6.42 Å². The largest absolute Gasteiger partial charge is 0.465 e. The van der Waals surface area contributed by atoms with Crippen LogP contribution in [0.1, 0.15) is 33.6 Å². The van der Waals surface area contributed by atoms with E-state index in [1.807, 2.05) is 0 Å². The van der Waals surface area contributed by atoms with E-state index in [1.54, 1.807) is 20.8 Å². The molecule has 0 aliphatic heterocycles. The topological polar surface area (TPSA) is 60.4 Å². The molecule has 1 unspecified atom stereocenters. The molecule has 0 aromatic carbocycles. The Bertz CT molecular complexity index is 304. The van der Waals surface area contributed by atoms with Crippen LogP contribution in [-0.4, -0.2) is 24.1 Å². The standard InChI is InChI=1S/C11H16O4/c1-4-15-10(14)9-8(13)5-7(12)6-11(9,2)3/h9H,4-6H2,1-3H3. The summed E-state index contributed by atoms with van der Waals surface area (Å²) in [7, 11) is 0. The second kappa shape index (κ2) is 4.13. The van der Waals surface area contributed by atoms with Crippen LogP contribution < -0.4 is 0 Å². The minimum absolute atomic E-state index is 0.0921. The van der Waals surface area contributed by atoms with E-state index in [2.05, 4.69) is 0 Å². The average molecular weight is 212 g/mol. The van der Waals surface area contributed by atoms with Gasteiger partial charge < -0.3 is 4.74 Å². The first-order chi connectivity index (χ1) is 6.88. The van der Waals surface area contributed by atoms with E-state index in [-0.39, 0.29) is 31.0 Å². The molecule has 84 valence electrons. The lowest BCUT2D eigenvalue weighted by Crippen LogP contribution is -2.44. The van der Waals surface area contributed by atoms with Crippen molar-refractivity contribution in [3.8, 4) is 0 Å². The summed E-state index contributed by atoms with van der Waals surface area (Å²) in [5.41, 5.74) is -0.612. The van der Waals surface area contributed by atoms with Crippen molar-refractivity contribution in [2.45, 2.75) is 33.6 Å². The summed E-state index contributed by atoms with van der Waals surface area (Å²) in [6, 6.07) is 0. The van der Waals surface area contributed by atoms with Crippen LogP contribution >= 0.6 is 0 Å². The predicted molar refractivity (Wildman–Crippen MR) is 53.2 cm³/mol. The van der Waals surface area contributed by atoms with E-state index >= 15 is 0 Å². The Morgan fingerprint density at radius 1 is 1.47 bits per heavy atom. The minimum atomic E-state index is -0.782. The Balaban J connectivity index is 2.89. The molecular weight excluding hydrogens is 196 g/mol. The molecule has 0 radical (unpaired) electrons. The third kappa shape index (κ3) is 2.43. The SMILES string of the molecule is CCOC(=O)C1C(=O)CC(=O)CC1(C)C. The normalized spacial score (nSPS) is 25.1. The van der Waals surface area contributed by atoms with Crippen LogP contribution in [-0.2, 0) is 19.1 Å². The molecule has 0 amide bonds. The van der Waals surface area contributed by atoms with E-state index in [0.717, 1.165) is 0 Å². The smallest absolute Gasteiger partial charge is 0.317 e. The van der Waals surface area contributed by atoms with Gasteiger partial charge in [-0.2, -0.15) is 0 Å². The lowest BCUT2D eigenvalue weighted by atomic mass is 9.68. The van der Waals surface area contributed by atoms with Crippen molar-refractivity contribution in [1.29, 1.82) is 0 Å². The number of ketones is 2. The lowest BCUT2D eigenvalue weighted by molar-refractivity contribution is -0.159. The highest BCUT2D eigenvalue weighted by atomic mass is 16.5. The van der Waals surface area contributed by atoms with Crippen molar-refractivity contribution in [1.82, 2.24) is 0 Å². The molecule has 0 spiro atoms. The lowest BCUT2D eigenvalue weighted by Gasteiger charge is -2.34. The molecule has 1 saturated carbocycles. The van der Waals surface area contributed by atoms with E-state index in [4.69, 9.17) is 4.74 Å². The molecule has 0 saturated heterocycles. The molecule has 0 bridgehead atoms. The van der Waals surface area contributed by atoms with Gasteiger partial charge in [0.15, 0.2) is 5.78 Å². The van der Waals surface area contributed by atoms with Crippen molar-refractivity contribution >= 4 is 17.5 Å². The number of carbonyl (C=O) groups is 3. The highest BCUT2D eigenvalue weighted by molar-refractivity contribution is 6.11. The Morgan fingerprint density at radius 2 is 2.07 bits per heavy atom. The summed E-state index contributed by atoms with van der Waals surface area (Å²) in [5, 5.41) is 0. The number of hydrogen-bond acceptors (Lipinski definition) is 4. The average Bonchev–Trinajstić information content (AvgIpc) is 1.99. The van der Waals surface area contributed by atoms with Crippen molar-refractivity contribution in [3.63, 3.8) is 0 Å². The summed E-state index contributed by atoms with van der Waals surface area (Å²) in [4.78, 5) is 34.4. The van der Waals surface area contributed by atoms with Gasteiger partial charge >= 0.3 is 5.97 Å². The van der Waals surface area contributed by atoms with Crippen LogP contribution in [0.3, 0.4) is 0 Å². The highest BCUT2D eigenvalue weighted by Gasteiger charge is 2.46. The molecule has 15 heavy (non-hydrogen) atoms. The maximum absolute atomic E-state index is 11.6. The molecular formula is C11H16O4. The Hall–Kier alpha value is -1.19. The molecule has 1 aliphatic rings. The maximum atomic E-state index is 11.6. The first-order valence-corrected chi connectivity index (χ1v) is 5.09. The predicted octanol–water partition coefficient (Wildman–Crippen LogP) is 1.12. The number of esters is 1. The minimum Gasteiger partial charge on any atom is -0.465 e. The summed E-state index contributed by atoms with van der Waals surface area (Å²) < 4.78 is 4.85. The molecule has 1 fully saturated rings. The first-order valence-electron chi connectivity index (χ1n) is 5.09. The highest BCUT2D eigenvalue weighted by Crippen LogP contribution is 2.37. The van der Waals surface area contributed by atoms with E-state index < -0.39 is 17.3 Å². The molecule has 4 nitrogen and oxygen atoms in total. The zero-order valence-corrected chi connectivity index (χ0v) is 9.33. The zero-order valence-electron chi connectivity index (χ0n) is 9.33. The van der Waals surface area contributed by atoms with Gasteiger partial charge in [-0.15, -0.1) is 0 Å². The summed E-state index contributed by atoms with van der Waals surface area (Å²) >= 11 is 0. The second-order valence-electron chi connectivity index (χ2n) is 4.53. The fraction of sp³-hybridized carbons (Fsp3) is 0.727. The fourth-order valence-electron chi connectivity index (χ4n) is 2.08. The monoisotopic (exact) mass is 212 g/mol. The first kappa shape index (κ1) is 11.9. The second-order valence-corrected chi connectivity index (χ2v) is 4.53. The molecule has 1 aliphatic carbocycles. The van der Waals surface area contributed by atoms with Crippen molar-refractivity contribution in [2.75, 3.05) is 6.61 Å². The Kier molecular flexibility index (Phi) is 3.27. The van der Waals surface area contributed by atoms with Gasteiger partial charge in [0.25, 0.3) is 0 Å². The number of rotatable bonds is 2. The van der Waals surface area contributed by atoms with E-state index in [9.17, 15) is 14.4 Å². The summed E-state index contributed by atoms with van der Waals surface area (Å²) in [5.74, 6) is -1.68. The van der Waals surface area contributed by atoms with Crippen LogP contribution in [0.15, 0.2) is 0 Å². The molecule has 0 N–H and O–H groups in total. The quantitative estimate of drug-likeness (QED) is 0.508. The van der Waals surface area contributed by atoms with Gasteiger partial charge in [0.2, 0.25) is 0 Å². The van der Waals surface area contributed by atoms with Crippen LogP contribution in [0, 0.1) is 11.3 Å². The molecule has 0 aromatic rings. The van der Waals surface area contributed by atoms with Crippen LogP contribution in [0.25, 0.3) is 0 Å². The summed E-state index contributed by atoms with van der Waals surface area (Å²) in [6.45, 7) is 5.46. The third-order valence-electron chi connectivity index (χ3n) is 2.65. The van der Waals surface area contributed by atoms with E-state index in [0.29, 0.717) is 0 Å². The molecule has 4 heteroatoms. The van der Waals surface area contributed by atoms with Crippen LogP contribution in [0.4, 0.5) is 0 Å². The Labute approximate surface area is 89.0 Å². The summed E-state index contributed by atoms with van der Waals surface area (Å²) in [6.07, 6.45) is 0.134. The van der Waals surface area contributed by atoms with Gasteiger partial charge in [-0.05, 0) is 12.3 Å². The van der Waals surface area contributed by atoms with Crippen LogP contribution in [0.5, 0.6) is 0 Å². The van der Waals surface area contributed by atoms with Crippen molar-refractivity contribution < 1.29 is 19.1 Å². The number of ether oxygens (including phenoxy) is 1. The van der Waals surface area contributed by atoms with Gasteiger partial charge in [-0.25, -0.2) is 0 Å². The van der Waals surface area contributed by atoms with Gasteiger partial charge in [0.1, 0.15) is 11.7 Å². The molecule has 1 atom stereocenters. The van der Waals surface area contributed by atoms with Gasteiger partial charge in [0.05, 0.1) is 13.0 Å². The number of carbonyl (C=O) groups excluding carboxylic acids is 3. The van der Waals surface area contributed by atoms with Gasteiger partial charge in [-0.1, -0.05) is 13.8 Å². The molecule has 1 rings (SSSR count). The number of hydrogen-bond donors (Lipinski definition) is 0. The van der Waals surface area contributed by atoms with Gasteiger partial charge in [-0.3, -0.25) is 14.4 Å². The molecule has 0 heterocycles.